The van der Waals surface area contributed by atoms with Crippen LogP contribution in [0.4, 0.5) is 0 Å². The molecule has 0 fully saturated rings. The molecule has 5 heteroatoms. The minimum atomic E-state index is -0.0121. The highest BCUT2D eigenvalue weighted by molar-refractivity contribution is 5.73. The van der Waals surface area contributed by atoms with E-state index in [0.29, 0.717) is 6.01 Å². The first kappa shape index (κ1) is 20.6. The summed E-state index contributed by atoms with van der Waals surface area (Å²) in [7, 11) is 0. The van der Waals surface area contributed by atoms with Crippen molar-refractivity contribution in [2.75, 3.05) is 0 Å². The highest BCUT2D eigenvalue weighted by atomic mass is 16.5. The average Bonchev–Trinajstić information content (AvgIpc) is 3.16. The molecule has 0 saturated heterocycles. The van der Waals surface area contributed by atoms with Gasteiger partial charge in [0.25, 0.3) is 0 Å². The van der Waals surface area contributed by atoms with Crippen LogP contribution in [-0.4, -0.2) is 28.0 Å². The van der Waals surface area contributed by atoms with E-state index in [9.17, 15) is 4.79 Å². The molecule has 5 nitrogen and oxygen atoms in total. The van der Waals surface area contributed by atoms with Gasteiger partial charge in [-0.3, -0.25) is 4.79 Å². The summed E-state index contributed by atoms with van der Waals surface area (Å²) in [6, 6.07) is 17.0. The fourth-order valence-corrected chi connectivity index (χ4v) is 3.81. The summed E-state index contributed by atoms with van der Waals surface area (Å²) in [5.74, 6) is 6.22. The molecule has 1 atom stereocenters. The topological polar surface area (TPSA) is 64.1 Å². The largest absolute Gasteiger partial charge is 0.459 e. The fraction of sp³-hybridized carbons (Fsp3) is 0.269. The number of carbonyl (C=O) groups is 1. The van der Waals surface area contributed by atoms with Crippen molar-refractivity contribution >= 4 is 5.91 Å². The lowest BCUT2D eigenvalue weighted by Crippen LogP contribution is -2.31. The summed E-state index contributed by atoms with van der Waals surface area (Å²) >= 11 is 0. The van der Waals surface area contributed by atoms with Gasteiger partial charge in [-0.15, -0.1) is 0 Å². The van der Waals surface area contributed by atoms with Crippen LogP contribution in [0.5, 0.6) is 6.01 Å². The van der Waals surface area contributed by atoms with E-state index in [1.807, 2.05) is 31.2 Å². The van der Waals surface area contributed by atoms with Gasteiger partial charge in [0.2, 0.25) is 5.91 Å². The third-order valence-electron chi connectivity index (χ3n) is 5.21. The van der Waals surface area contributed by atoms with Gasteiger partial charge >= 0.3 is 6.01 Å². The quantitative estimate of drug-likeness (QED) is 0.653. The lowest BCUT2D eigenvalue weighted by Gasteiger charge is -2.12. The van der Waals surface area contributed by atoms with E-state index in [0.717, 1.165) is 36.0 Å². The molecule has 1 N–H and O–H groups in total. The maximum Gasteiger partial charge on any atom is 0.316 e. The first-order valence-electron chi connectivity index (χ1n) is 10.5. The van der Waals surface area contributed by atoms with Crippen molar-refractivity contribution < 1.29 is 9.53 Å². The minimum absolute atomic E-state index is 0.0121. The normalized spacial score (nSPS) is 13.6. The first-order valence-corrected chi connectivity index (χ1v) is 10.5. The number of nitrogens with zero attached hydrogens (tertiary/aromatic N) is 2. The lowest BCUT2D eigenvalue weighted by atomic mass is 10.1. The van der Waals surface area contributed by atoms with E-state index in [1.54, 1.807) is 12.4 Å². The second-order valence-corrected chi connectivity index (χ2v) is 7.92. The van der Waals surface area contributed by atoms with Gasteiger partial charge in [0.15, 0.2) is 0 Å². The van der Waals surface area contributed by atoms with Gasteiger partial charge in [0.05, 0.1) is 5.56 Å². The van der Waals surface area contributed by atoms with Gasteiger partial charge in [-0.25, -0.2) is 9.97 Å². The van der Waals surface area contributed by atoms with E-state index >= 15 is 0 Å². The van der Waals surface area contributed by atoms with Crippen LogP contribution in [0.15, 0.2) is 60.9 Å². The molecule has 4 rings (SSSR count). The van der Waals surface area contributed by atoms with Crippen LogP contribution in [-0.2, 0) is 24.1 Å². The summed E-state index contributed by atoms with van der Waals surface area (Å²) in [6.07, 6.45) is 6.04. The van der Waals surface area contributed by atoms with Crippen molar-refractivity contribution in [1.82, 2.24) is 15.3 Å². The van der Waals surface area contributed by atoms with Gasteiger partial charge in [0, 0.05) is 43.8 Å². The molecule has 156 valence electrons. The predicted molar refractivity (Wildman–Crippen MR) is 120 cm³/mol. The zero-order chi connectivity index (χ0) is 21.6. The summed E-state index contributed by atoms with van der Waals surface area (Å²) in [5.41, 5.74) is 5.49. The van der Waals surface area contributed by atoms with Crippen LogP contribution in [0.3, 0.4) is 0 Å². The Labute approximate surface area is 182 Å². The van der Waals surface area contributed by atoms with Crippen molar-refractivity contribution in [3.63, 3.8) is 0 Å². The number of carbonyl (C=O) groups excluding carboxylic acids is 1. The molecule has 1 unspecified atom stereocenters. The van der Waals surface area contributed by atoms with Gasteiger partial charge in [-0.05, 0) is 42.2 Å². The van der Waals surface area contributed by atoms with Crippen molar-refractivity contribution in [3.05, 3.63) is 88.7 Å². The average molecular weight is 412 g/mol. The second-order valence-electron chi connectivity index (χ2n) is 7.92. The third-order valence-corrected chi connectivity index (χ3v) is 5.21. The van der Waals surface area contributed by atoms with Gasteiger partial charge in [-0.1, -0.05) is 48.2 Å². The molecule has 2 aromatic carbocycles. The summed E-state index contributed by atoms with van der Waals surface area (Å²) in [5, 5.41) is 2.89. The predicted octanol–water partition coefficient (Wildman–Crippen LogP) is 3.49. The number of nitrogens with one attached hydrogen (secondary N) is 1. The van der Waals surface area contributed by atoms with Crippen molar-refractivity contribution in [2.45, 2.75) is 45.3 Å². The van der Waals surface area contributed by atoms with Crippen LogP contribution in [0.1, 0.15) is 41.7 Å². The second kappa shape index (κ2) is 9.44. The van der Waals surface area contributed by atoms with Crippen LogP contribution in [0, 0.1) is 11.8 Å². The summed E-state index contributed by atoms with van der Waals surface area (Å²) in [4.78, 5) is 19.8. The van der Waals surface area contributed by atoms with Gasteiger partial charge in [-0.2, -0.15) is 0 Å². The number of benzene rings is 2. The molecule has 0 saturated carbocycles. The molecule has 0 bridgehead atoms. The van der Waals surface area contributed by atoms with E-state index in [1.165, 1.54) is 18.1 Å². The molecule has 31 heavy (non-hydrogen) atoms. The number of hydrogen-bond donors (Lipinski definition) is 1. The van der Waals surface area contributed by atoms with Crippen molar-refractivity contribution in [1.29, 1.82) is 0 Å². The van der Waals surface area contributed by atoms with Crippen LogP contribution in [0.25, 0.3) is 0 Å². The van der Waals surface area contributed by atoms with E-state index < -0.39 is 0 Å². The standard InChI is InChI=1S/C26H25N3O2/c1-18(29-19(2)30)13-21-10-7-20(8-11-21)9-12-22-16-27-26(28-17-22)31-25-14-23-5-3-4-6-24(23)15-25/h3-8,10-11,16-18,25H,13-15H2,1-2H3,(H,29,30). The molecule has 1 amide bonds. The zero-order valence-corrected chi connectivity index (χ0v) is 17.8. The molecule has 3 aromatic rings. The van der Waals surface area contributed by atoms with Crippen LogP contribution < -0.4 is 10.1 Å². The Hall–Kier alpha value is -3.65. The smallest absolute Gasteiger partial charge is 0.316 e. The first-order chi connectivity index (χ1) is 15.0. The number of fused-ring (bicyclic) bond motifs is 1. The maximum atomic E-state index is 11.1. The Morgan fingerprint density at radius 3 is 2.26 bits per heavy atom. The van der Waals surface area contributed by atoms with E-state index in [-0.39, 0.29) is 18.1 Å². The Bertz CT molecular complexity index is 1090. The number of ether oxygens (including phenoxy) is 1. The monoisotopic (exact) mass is 411 g/mol. The molecule has 1 heterocycles. The Kier molecular flexibility index (Phi) is 6.28. The number of rotatable bonds is 5. The number of amides is 1. The van der Waals surface area contributed by atoms with Crippen LogP contribution in [0.2, 0.25) is 0 Å². The van der Waals surface area contributed by atoms with Gasteiger partial charge < -0.3 is 10.1 Å². The van der Waals surface area contributed by atoms with E-state index in [4.69, 9.17) is 4.74 Å². The van der Waals surface area contributed by atoms with E-state index in [2.05, 4.69) is 51.4 Å². The Morgan fingerprint density at radius 2 is 1.65 bits per heavy atom. The molecule has 0 radical (unpaired) electrons. The third kappa shape index (κ3) is 5.70. The molecule has 1 aromatic heterocycles. The molecular formula is C26H25N3O2. The lowest BCUT2D eigenvalue weighted by molar-refractivity contribution is -0.119. The van der Waals surface area contributed by atoms with Crippen molar-refractivity contribution in [3.8, 4) is 17.9 Å². The zero-order valence-electron chi connectivity index (χ0n) is 17.8. The molecule has 1 aliphatic carbocycles. The van der Waals surface area contributed by atoms with Gasteiger partial charge in [0.1, 0.15) is 6.10 Å². The number of hydrogen-bond acceptors (Lipinski definition) is 4. The van der Waals surface area contributed by atoms with Crippen molar-refractivity contribution in [2.24, 2.45) is 0 Å². The molecule has 1 aliphatic rings. The highest BCUT2D eigenvalue weighted by Crippen LogP contribution is 2.24. The molecule has 0 aliphatic heterocycles. The number of aromatic nitrogens is 2. The maximum absolute atomic E-state index is 11.1. The summed E-state index contributed by atoms with van der Waals surface area (Å²) < 4.78 is 5.95. The SMILES string of the molecule is CC(=O)NC(C)Cc1ccc(C#Cc2cnc(OC3Cc4ccccc4C3)nc2)cc1. The highest BCUT2D eigenvalue weighted by Gasteiger charge is 2.23. The van der Waals surface area contributed by atoms with Crippen LogP contribution >= 0.6 is 0 Å². The fourth-order valence-electron chi connectivity index (χ4n) is 3.81. The molecular weight excluding hydrogens is 386 g/mol. The molecule has 0 spiro atoms. The Balaban J connectivity index is 1.32. The Morgan fingerprint density at radius 1 is 1.03 bits per heavy atom. The minimum Gasteiger partial charge on any atom is -0.459 e. The summed E-state index contributed by atoms with van der Waals surface area (Å²) in [6.45, 7) is 3.53.